The summed E-state index contributed by atoms with van der Waals surface area (Å²) in [5.74, 6) is -1.16. The van der Waals surface area contributed by atoms with Gasteiger partial charge in [0.2, 0.25) is 11.9 Å². The van der Waals surface area contributed by atoms with E-state index in [0.717, 1.165) is 26.1 Å². The number of nitrogens with zero attached hydrogens (tertiary/aromatic N) is 3. The molecule has 9 nitrogen and oxygen atoms in total. The Balaban J connectivity index is 0.000000396. The zero-order valence-corrected chi connectivity index (χ0v) is 16.5. The molecule has 2 aliphatic rings. The van der Waals surface area contributed by atoms with Crippen LogP contribution in [0.4, 0.5) is 19.1 Å². The molecule has 0 radical (unpaired) electrons. The molecule has 0 aliphatic carbocycles. The number of aliphatic carboxylic acids is 1. The molecule has 3 atom stereocenters. The van der Waals surface area contributed by atoms with Crippen LogP contribution in [-0.2, 0) is 19.1 Å². The number of anilines is 1. The van der Waals surface area contributed by atoms with Gasteiger partial charge in [-0.05, 0) is 25.3 Å². The van der Waals surface area contributed by atoms with Crippen LogP contribution in [0.2, 0.25) is 0 Å². The molecule has 30 heavy (non-hydrogen) atoms. The van der Waals surface area contributed by atoms with Gasteiger partial charge >= 0.3 is 12.1 Å². The Labute approximate surface area is 171 Å². The van der Waals surface area contributed by atoms with Crippen LogP contribution in [0, 0.1) is 11.8 Å². The summed E-state index contributed by atoms with van der Waals surface area (Å²) in [4.78, 5) is 31.3. The number of amides is 1. The molecule has 0 saturated carbocycles. The van der Waals surface area contributed by atoms with Gasteiger partial charge in [-0.1, -0.05) is 0 Å². The highest BCUT2D eigenvalue weighted by atomic mass is 19.4. The minimum atomic E-state index is -5.08. The van der Waals surface area contributed by atoms with Gasteiger partial charge in [0.05, 0.1) is 12.7 Å². The molecule has 12 heteroatoms. The molecule has 2 fully saturated rings. The molecule has 1 amide bonds. The Morgan fingerprint density at radius 1 is 1.37 bits per heavy atom. The van der Waals surface area contributed by atoms with E-state index >= 15 is 0 Å². The van der Waals surface area contributed by atoms with Gasteiger partial charge in [0, 0.05) is 44.6 Å². The average molecular weight is 434 g/mol. The zero-order chi connectivity index (χ0) is 22.1. The van der Waals surface area contributed by atoms with Crippen LogP contribution < -0.4 is 5.32 Å². The first kappa shape index (κ1) is 23.8. The summed E-state index contributed by atoms with van der Waals surface area (Å²) in [5, 5.41) is 10.3. The van der Waals surface area contributed by atoms with E-state index in [9.17, 15) is 18.0 Å². The van der Waals surface area contributed by atoms with Crippen molar-refractivity contribution in [1.29, 1.82) is 0 Å². The van der Waals surface area contributed by atoms with Crippen LogP contribution >= 0.6 is 0 Å². The Hall–Kier alpha value is -2.47. The number of rotatable bonds is 6. The fourth-order valence-electron chi connectivity index (χ4n) is 3.33. The van der Waals surface area contributed by atoms with Gasteiger partial charge in [0.15, 0.2) is 0 Å². The number of nitrogens with one attached hydrogen (secondary N) is 1. The van der Waals surface area contributed by atoms with E-state index < -0.39 is 12.1 Å². The number of aromatic nitrogens is 2. The second-order valence-electron chi connectivity index (χ2n) is 6.82. The Bertz CT molecular complexity index is 692. The summed E-state index contributed by atoms with van der Waals surface area (Å²) in [7, 11) is 0. The normalized spacial score (nSPS) is 23.2. The first-order valence-electron chi connectivity index (χ1n) is 9.50. The predicted molar refractivity (Wildman–Crippen MR) is 98.6 cm³/mol. The van der Waals surface area contributed by atoms with Crippen molar-refractivity contribution in [3.8, 4) is 0 Å². The Kier molecular flexibility index (Phi) is 8.78. The summed E-state index contributed by atoms with van der Waals surface area (Å²) >= 11 is 0. The minimum absolute atomic E-state index is 0.0790. The number of carboxylic acids is 1. The summed E-state index contributed by atoms with van der Waals surface area (Å²) < 4.78 is 42.9. The van der Waals surface area contributed by atoms with Crippen molar-refractivity contribution in [2.75, 3.05) is 44.8 Å². The molecule has 0 spiro atoms. The maximum absolute atomic E-state index is 12.2. The first-order valence-corrected chi connectivity index (χ1v) is 9.50. The van der Waals surface area contributed by atoms with Crippen molar-refractivity contribution in [3.05, 3.63) is 18.5 Å². The van der Waals surface area contributed by atoms with Gasteiger partial charge < -0.3 is 24.8 Å². The monoisotopic (exact) mass is 434 g/mol. The third-order valence-corrected chi connectivity index (χ3v) is 4.86. The number of piperidine rings is 1. The van der Waals surface area contributed by atoms with Gasteiger partial charge in [-0.3, -0.25) is 4.79 Å². The molecule has 0 unspecified atom stereocenters. The quantitative estimate of drug-likeness (QED) is 0.691. The molecule has 2 saturated heterocycles. The van der Waals surface area contributed by atoms with Gasteiger partial charge in [-0.25, -0.2) is 14.8 Å². The highest BCUT2D eigenvalue weighted by Gasteiger charge is 2.41. The van der Waals surface area contributed by atoms with Crippen LogP contribution in [0.15, 0.2) is 18.5 Å². The van der Waals surface area contributed by atoms with Crippen LogP contribution in [-0.4, -0.2) is 83.6 Å². The predicted octanol–water partition coefficient (Wildman–Crippen LogP) is 1.42. The summed E-state index contributed by atoms with van der Waals surface area (Å²) in [5.41, 5.74) is 0. The van der Waals surface area contributed by atoms with Crippen LogP contribution in [0.3, 0.4) is 0 Å². The van der Waals surface area contributed by atoms with Gasteiger partial charge in [0.25, 0.3) is 0 Å². The van der Waals surface area contributed by atoms with E-state index in [0.29, 0.717) is 30.9 Å². The maximum Gasteiger partial charge on any atom is 0.490 e. The summed E-state index contributed by atoms with van der Waals surface area (Å²) in [6.45, 7) is 5.64. The molecule has 2 N–H and O–H groups in total. The van der Waals surface area contributed by atoms with Crippen molar-refractivity contribution in [2.24, 2.45) is 11.8 Å². The number of halogens is 3. The molecule has 3 heterocycles. The summed E-state index contributed by atoms with van der Waals surface area (Å²) in [6.07, 6.45) is -0.572. The maximum atomic E-state index is 12.2. The highest BCUT2D eigenvalue weighted by molar-refractivity contribution is 5.77. The summed E-state index contributed by atoms with van der Waals surface area (Å²) in [6, 6.07) is 1.79. The lowest BCUT2D eigenvalue weighted by Gasteiger charge is -2.36. The average Bonchev–Trinajstić information content (AvgIpc) is 3.13. The molecular weight excluding hydrogens is 409 g/mol. The van der Waals surface area contributed by atoms with E-state index in [-0.39, 0.29) is 18.6 Å². The van der Waals surface area contributed by atoms with E-state index in [1.165, 1.54) is 0 Å². The molecule has 3 rings (SSSR count). The van der Waals surface area contributed by atoms with E-state index in [1.807, 2.05) is 11.8 Å². The second kappa shape index (κ2) is 11.1. The zero-order valence-electron chi connectivity index (χ0n) is 16.5. The van der Waals surface area contributed by atoms with Crippen LogP contribution in [0.1, 0.15) is 13.3 Å². The number of alkyl halides is 3. The molecular formula is C18H25F3N4O5. The number of hydrogen-bond acceptors (Lipinski definition) is 7. The van der Waals surface area contributed by atoms with E-state index in [1.54, 1.807) is 18.5 Å². The lowest BCUT2D eigenvalue weighted by molar-refractivity contribution is -0.192. The topological polar surface area (TPSA) is 114 Å². The van der Waals surface area contributed by atoms with Crippen LogP contribution in [0.5, 0.6) is 0 Å². The van der Waals surface area contributed by atoms with Crippen molar-refractivity contribution in [3.63, 3.8) is 0 Å². The van der Waals surface area contributed by atoms with Crippen molar-refractivity contribution in [2.45, 2.75) is 25.6 Å². The molecule has 168 valence electrons. The fraction of sp³-hybridized carbons (Fsp3) is 0.667. The number of carbonyl (C=O) groups is 2. The van der Waals surface area contributed by atoms with Crippen LogP contribution in [0.25, 0.3) is 0 Å². The van der Waals surface area contributed by atoms with Gasteiger partial charge in [-0.15, -0.1) is 0 Å². The lowest BCUT2D eigenvalue weighted by Crippen LogP contribution is -2.47. The smallest absolute Gasteiger partial charge is 0.475 e. The van der Waals surface area contributed by atoms with Crippen molar-refractivity contribution in [1.82, 2.24) is 14.9 Å². The first-order chi connectivity index (χ1) is 14.2. The number of carboxylic acid groups (broad SMARTS) is 1. The number of ether oxygens (including phenoxy) is 2. The number of hydrogen-bond donors (Lipinski definition) is 2. The number of fused-ring (bicyclic) bond motifs is 1. The molecule has 0 aromatic carbocycles. The van der Waals surface area contributed by atoms with Crippen molar-refractivity contribution < 1.29 is 37.3 Å². The third-order valence-electron chi connectivity index (χ3n) is 4.86. The molecule has 2 aliphatic heterocycles. The van der Waals surface area contributed by atoms with Gasteiger partial charge in [-0.2, -0.15) is 13.2 Å². The van der Waals surface area contributed by atoms with E-state index in [2.05, 4.69) is 15.3 Å². The molecule has 1 aromatic heterocycles. The Morgan fingerprint density at radius 3 is 2.63 bits per heavy atom. The standard InChI is InChI=1S/C16H24N4O3.C2HF3O2/c1-2-22-11-15(21)20-7-4-12-10-23-14(13(12)9-20)8-19-16-17-5-3-6-18-16;3-2(4,5)1(6)7/h3,5-6,12-14H,2,4,7-11H2,1H3,(H,17,18,19);(H,6,7)/t12-,13-,14+;/m0./s1. The fourth-order valence-corrected chi connectivity index (χ4v) is 3.33. The second-order valence-corrected chi connectivity index (χ2v) is 6.82. The minimum Gasteiger partial charge on any atom is -0.475 e. The largest absolute Gasteiger partial charge is 0.490 e. The highest BCUT2D eigenvalue weighted by Crippen LogP contribution is 2.34. The SMILES string of the molecule is CCOCC(=O)N1CC[C@H]2CO[C@H](CNc3ncccn3)[C@H]2C1.O=C(O)C(F)(F)F. The third kappa shape index (κ3) is 7.10. The van der Waals surface area contributed by atoms with Crippen molar-refractivity contribution >= 4 is 17.8 Å². The molecule has 0 bridgehead atoms. The number of carbonyl (C=O) groups excluding carboxylic acids is 1. The number of likely N-dealkylation sites (tertiary alicyclic amines) is 1. The Morgan fingerprint density at radius 2 is 2.03 bits per heavy atom. The van der Waals surface area contributed by atoms with E-state index in [4.69, 9.17) is 19.4 Å². The molecule has 1 aromatic rings. The van der Waals surface area contributed by atoms with Gasteiger partial charge in [0.1, 0.15) is 6.61 Å². The lowest BCUT2D eigenvalue weighted by atomic mass is 9.84.